The number of amides is 1. The smallest absolute Gasteiger partial charge is 0.277 e. The average molecular weight is 503 g/mol. The summed E-state index contributed by atoms with van der Waals surface area (Å²) in [4.78, 5) is 12.1. The van der Waals surface area contributed by atoms with E-state index >= 15 is 0 Å². The summed E-state index contributed by atoms with van der Waals surface area (Å²) in [5.74, 6) is 1.66. The molecule has 0 aliphatic carbocycles. The second-order valence-corrected chi connectivity index (χ2v) is 7.68. The van der Waals surface area contributed by atoms with Gasteiger partial charge in [-0.2, -0.15) is 5.10 Å². The highest BCUT2D eigenvalue weighted by Gasteiger charge is 2.10. The zero-order chi connectivity index (χ0) is 24.3. The molecule has 1 N–H and O–H groups in total. The molecule has 0 saturated carbocycles. The van der Waals surface area contributed by atoms with Crippen LogP contribution in [0.25, 0.3) is 0 Å². The average Bonchev–Trinajstić information content (AvgIpc) is 2.84. The van der Waals surface area contributed by atoms with Crippen LogP contribution in [-0.2, 0) is 11.4 Å². The monoisotopic (exact) mass is 502 g/mol. The van der Waals surface area contributed by atoms with E-state index in [-0.39, 0.29) is 13.2 Å². The van der Waals surface area contributed by atoms with Gasteiger partial charge in [0.25, 0.3) is 5.91 Å². The molecule has 34 heavy (non-hydrogen) atoms. The summed E-state index contributed by atoms with van der Waals surface area (Å²) >= 11 is 12.4. The van der Waals surface area contributed by atoms with Crippen LogP contribution >= 0.6 is 23.2 Å². The maximum atomic E-state index is 12.1. The molecule has 9 heteroatoms. The fourth-order valence-corrected chi connectivity index (χ4v) is 3.41. The molecule has 0 aliphatic heterocycles. The summed E-state index contributed by atoms with van der Waals surface area (Å²) in [5, 5.41) is 5.02. The van der Waals surface area contributed by atoms with E-state index in [1.807, 2.05) is 13.0 Å². The standard InChI is InChI=1S/C25H24Cl2N2O5/c1-3-32-21-9-4-5-10-22(21)34-16-25(30)29-28-14-17-11-12-23(24(13-17)31-2)33-15-18-19(26)7-6-8-20(18)27/h4-14H,3,15-16H2,1-2H3,(H,29,30)/b28-14+. The maximum Gasteiger partial charge on any atom is 0.277 e. The highest BCUT2D eigenvalue weighted by molar-refractivity contribution is 6.35. The summed E-state index contributed by atoms with van der Waals surface area (Å²) in [6.45, 7) is 2.35. The van der Waals surface area contributed by atoms with Crippen LogP contribution in [0.4, 0.5) is 0 Å². The van der Waals surface area contributed by atoms with Crippen molar-refractivity contribution in [3.8, 4) is 23.0 Å². The number of hydrogen-bond acceptors (Lipinski definition) is 6. The molecule has 0 radical (unpaired) electrons. The van der Waals surface area contributed by atoms with Crippen molar-refractivity contribution < 1.29 is 23.7 Å². The van der Waals surface area contributed by atoms with Crippen molar-refractivity contribution in [2.45, 2.75) is 13.5 Å². The van der Waals surface area contributed by atoms with E-state index in [0.717, 1.165) is 0 Å². The lowest BCUT2D eigenvalue weighted by atomic mass is 10.2. The van der Waals surface area contributed by atoms with Crippen LogP contribution in [0.2, 0.25) is 10.0 Å². The van der Waals surface area contributed by atoms with E-state index in [9.17, 15) is 4.79 Å². The van der Waals surface area contributed by atoms with E-state index in [1.54, 1.807) is 54.6 Å². The lowest BCUT2D eigenvalue weighted by molar-refractivity contribution is -0.123. The quantitative estimate of drug-likeness (QED) is 0.276. The Balaban J connectivity index is 1.55. The molecule has 178 valence electrons. The van der Waals surface area contributed by atoms with E-state index in [0.29, 0.717) is 50.8 Å². The number of ether oxygens (including phenoxy) is 4. The zero-order valence-electron chi connectivity index (χ0n) is 18.7. The van der Waals surface area contributed by atoms with E-state index < -0.39 is 5.91 Å². The molecule has 0 heterocycles. The topological polar surface area (TPSA) is 78.4 Å². The molecule has 0 unspecified atom stereocenters. The fraction of sp³-hybridized carbons (Fsp3) is 0.200. The summed E-state index contributed by atoms with van der Waals surface area (Å²) in [5.41, 5.74) is 3.81. The van der Waals surface area contributed by atoms with Gasteiger partial charge in [0.15, 0.2) is 29.6 Å². The van der Waals surface area contributed by atoms with Gasteiger partial charge in [0.05, 0.1) is 19.9 Å². The van der Waals surface area contributed by atoms with Crippen LogP contribution in [-0.4, -0.2) is 32.4 Å². The first-order chi connectivity index (χ1) is 16.5. The predicted molar refractivity (Wildman–Crippen MR) is 133 cm³/mol. The number of hydrogen-bond donors (Lipinski definition) is 1. The molecule has 3 aromatic rings. The Morgan fingerprint density at radius 2 is 1.59 bits per heavy atom. The fourth-order valence-electron chi connectivity index (χ4n) is 2.90. The minimum atomic E-state index is -0.411. The molecule has 0 atom stereocenters. The second kappa shape index (κ2) is 12.7. The largest absolute Gasteiger partial charge is 0.493 e. The molecular formula is C25H24Cl2N2O5. The van der Waals surface area contributed by atoms with Crippen LogP contribution in [0.5, 0.6) is 23.0 Å². The minimum Gasteiger partial charge on any atom is -0.493 e. The maximum absolute atomic E-state index is 12.1. The van der Waals surface area contributed by atoms with Crippen LogP contribution in [0.1, 0.15) is 18.1 Å². The zero-order valence-corrected chi connectivity index (χ0v) is 20.2. The number of rotatable bonds is 11. The Labute approximate surface area is 208 Å². The van der Waals surface area contributed by atoms with Gasteiger partial charge in [0, 0.05) is 15.6 Å². The van der Waals surface area contributed by atoms with E-state index in [2.05, 4.69) is 10.5 Å². The highest BCUT2D eigenvalue weighted by atomic mass is 35.5. The second-order valence-electron chi connectivity index (χ2n) is 6.86. The Bertz CT molecular complexity index is 1130. The van der Waals surface area contributed by atoms with Crippen molar-refractivity contribution >= 4 is 35.3 Å². The summed E-state index contributed by atoms with van der Waals surface area (Å²) < 4.78 is 22.2. The molecule has 0 fully saturated rings. The summed E-state index contributed by atoms with van der Waals surface area (Å²) in [6.07, 6.45) is 1.49. The number of nitrogens with zero attached hydrogens (tertiary/aromatic N) is 1. The highest BCUT2D eigenvalue weighted by Crippen LogP contribution is 2.31. The molecule has 3 aromatic carbocycles. The van der Waals surface area contributed by atoms with E-state index in [1.165, 1.54) is 13.3 Å². The number of methoxy groups -OCH3 is 1. The molecular weight excluding hydrogens is 479 g/mol. The van der Waals surface area contributed by atoms with Crippen molar-refractivity contribution in [3.05, 3.63) is 81.8 Å². The van der Waals surface area contributed by atoms with Gasteiger partial charge in [-0.15, -0.1) is 0 Å². The van der Waals surface area contributed by atoms with Crippen molar-refractivity contribution in [1.82, 2.24) is 5.43 Å². The Morgan fingerprint density at radius 1 is 0.912 bits per heavy atom. The van der Waals surface area contributed by atoms with Crippen molar-refractivity contribution in [1.29, 1.82) is 0 Å². The molecule has 0 saturated heterocycles. The van der Waals surface area contributed by atoms with Gasteiger partial charge < -0.3 is 18.9 Å². The van der Waals surface area contributed by atoms with Gasteiger partial charge in [0.1, 0.15) is 6.61 Å². The Kier molecular flexibility index (Phi) is 9.43. The molecule has 7 nitrogen and oxygen atoms in total. The number of benzene rings is 3. The van der Waals surface area contributed by atoms with Crippen LogP contribution in [0.15, 0.2) is 65.8 Å². The van der Waals surface area contributed by atoms with Gasteiger partial charge in [0.2, 0.25) is 0 Å². The third kappa shape index (κ3) is 7.04. The summed E-state index contributed by atoms with van der Waals surface area (Å²) in [7, 11) is 1.53. The number of halogens is 2. The van der Waals surface area contributed by atoms with Crippen molar-refractivity contribution in [2.24, 2.45) is 5.10 Å². The van der Waals surface area contributed by atoms with Gasteiger partial charge >= 0.3 is 0 Å². The normalized spacial score (nSPS) is 10.7. The summed E-state index contributed by atoms with van der Waals surface area (Å²) in [6, 6.07) is 17.7. The van der Waals surface area contributed by atoms with Crippen molar-refractivity contribution in [3.63, 3.8) is 0 Å². The Morgan fingerprint density at radius 3 is 2.26 bits per heavy atom. The minimum absolute atomic E-state index is 0.185. The van der Waals surface area contributed by atoms with Crippen LogP contribution < -0.4 is 24.4 Å². The SMILES string of the molecule is CCOc1ccccc1OCC(=O)N/N=C/c1ccc(OCc2c(Cl)cccc2Cl)c(OC)c1. The number of carbonyl (C=O) groups excluding carboxylic acids is 1. The molecule has 0 bridgehead atoms. The first-order valence-electron chi connectivity index (χ1n) is 10.4. The predicted octanol–water partition coefficient (Wildman–Crippen LogP) is 5.51. The number of carbonyl (C=O) groups is 1. The first-order valence-corrected chi connectivity index (χ1v) is 11.2. The molecule has 0 spiro atoms. The van der Waals surface area contributed by atoms with Crippen LogP contribution in [0.3, 0.4) is 0 Å². The van der Waals surface area contributed by atoms with Gasteiger partial charge in [-0.1, -0.05) is 41.4 Å². The molecule has 3 rings (SSSR count). The lowest BCUT2D eigenvalue weighted by Crippen LogP contribution is -2.24. The van der Waals surface area contributed by atoms with E-state index in [4.69, 9.17) is 42.1 Å². The van der Waals surface area contributed by atoms with Gasteiger partial charge in [-0.25, -0.2) is 5.43 Å². The third-order valence-corrected chi connectivity index (χ3v) is 5.24. The van der Waals surface area contributed by atoms with Crippen molar-refractivity contribution in [2.75, 3.05) is 20.3 Å². The van der Waals surface area contributed by atoms with Gasteiger partial charge in [-0.05, 0) is 55.0 Å². The lowest BCUT2D eigenvalue weighted by Gasteiger charge is -2.13. The first kappa shape index (κ1) is 25.2. The Hall–Kier alpha value is -3.42. The molecule has 0 aliphatic rings. The molecule has 0 aromatic heterocycles. The number of para-hydroxylation sites is 2. The number of nitrogens with one attached hydrogen (secondary N) is 1. The third-order valence-electron chi connectivity index (χ3n) is 4.53. The number of hydrazone groups is 1. The van der Waals surface area contributed by atoms with Crippen LogP contribution in [0, 0.1) is 0 Å². The van der Waals surface area contributed by atoms with Gasteiger partial charge in [-0.3, -0.25) is 4.79 Å². The molecule has 1 amide bonds.